The van der Waals surface area contributed by atoms with Gasteiger partial charge in [-0.3, -0.25) is 4.79 Å². The van der Waals surface area contributed by atoms with E-state index in [1.165, 1.54) is 276 Å². The molecule has 0 aliphatic carbocycles. The predicted octanol–water partition coefficient (Wildman–Crippen LogP) is 17.9. The van der Waals surface area contributed by atoms with Gasteiger partial charge in [0.25, 0.3) is 0 Å². The normalized spacial score (nSPS) is 18.9. The topological polar surface area (TPSA) is 149 Å². The van der Waals surface area contributed by atoms with E-state index in [1.807, 2.05) is 6.08 Å². The van der Waals surface area contributed by atoms with E-state index >= 15 is 0 Å². The van der Waals surface area contributed by atoms with Crippen molar-refractivity contribution in [3.8, 4) is 0 Å². The first-order chi connectivity index (χ1) is 37.8. The van der Waals surface area contributed by atoms with Crippen molar-refractivity contribution in [1.29, 1.82) is 0 Å². The van der Waals surface area contributed by atoms with Crippen LogP contribution in [0, 0.1) is 0 Å². The molecule has 1 aliphatic heterocycles. The first-order valence-electron chi connectivity index (χ1n) is 33.7. The van der Waals surface area contributed by atoms with E-state index in [2.05, 4.69) is 43.5 Å². The van der Waals surface area contributed by atoms with Crippen molar-refractivity contribution in [2.75, 3.05) is 13.2 Å². The molecule has 77 heavy (non-hydrogen) atoms. The van der Waals surface area contributed by atoms with Gasteiger partial charge < -0.3 is 40.3 Å². The number of ether oxygens (including phenoxy) is 2. The lowest BCUT2D eigenvalue weighted by atomic mass is 9.99. The van der Waals surface area contributed by atoms with Gasteiger partial charge in [-0.05, 0) is 57.8 Å². The molecule has 7 unspecified atom stereocenters. The van der Waals surface area contributed by atoms with Crippen molar-refractivity contribution in [2.24, 2.45) is 0 Å². The molecule has 1 aliphatic rings. The van der Waals surface area contributed by atoms with Crippen LogP contribution in [0.15, 0.2) is 36.5 Å². The third-order valence-electron chi connectivity index (χ3n) is 16.2. The van der Waals surface area contributed by atoms with Crippen LogP contribution in [0.5, 0.6) is 0 Å². The summed E-state index contributed by atoms with van der Waals surface area (Å²) < 4.78 is 11.3. The van der Waals surface area contributed by atoms with Gasteiger partial charge in [0, 0.05) is 6.42 Å². The molecule has 6 N–H and O–H groups in total. The van der Waals surface area contributed by atoms with Crippen LogP contribution in [0.4, 0.5) is 0 Å². The molecule has 0 bridgehead atoms. The number of aliphatic hydroxyl groups excluding tert-OH is 5. The number of rotatable bonds is 59. The molecule has 9 heteroatoms. The Balaban J connectivity index is 2.14. The quantitative estimate of drug-likeness (QED) is 0.0261. The lowest BCUT2D eigenvalue weighted by Crippen LogP contribution is -2.60. The van der Waals surface area contributed by atoms with Crippen molar-refractivity contribution in [3.05, 3.63) is 36.5 Å². The van der Waals surface area contributed by atoms with E-state index < -0.39 is 49.5 Å². The third-order valence-corrected chi connectivity index (χ3v) is 16.2. The van der Waals surface area contributed by atoms with Crippen molar-refractivity contribution in [3.63, 3.8) is 0 Å². The number of hydrogen-bond acceptors (Lipinski definition) is 8. The molecule has 0 aromatic heterocycles. The van der Waals surface area contributed by atoms with Crippen molar-refractivity contribution in [2.45, 2.75) is 378 Å². The van der Waals surface area contributed by atoms with Crippen molar-refractivity contribution < 1.29 is 39.8 Å². The number of aliphatic hydroxyl groups is 5. The molecule has 9 nitrogen and oxygen atoms in total. The Bertz CT molecular complexity index is 1310. The van der Waals surface area contributed by atoms with Crippen LogP contribution in [0.3, 0.4) is 0 Å². The first kappa shape index (κ1) is 73.4. The molecule has 454 valence electrons. The average Bonchev–Trinajstić information content (AvgIpc) is 3.43. The van der Waals surface area contributed by atoms with Gasteiger partial charge in [-0.25, -0.2) is 0 Å². The largest absolute Gasteiger partial charge is 0.394 e. The van der Waals surface area contributed by atoms with Crippen LogP contribution in [-0.2, 0) is 14.3 Å². The summed E-state index contributed by atoms with van der Waals surface area (Å²) in [6.07, 6.45) is 69.6. The van der Waals surface area contributed by atoms with E-state index in [0.717, 1.165) is 38.5 Å². The minimum Gasteiger partial charge on any atom is -0.394 e. The molecule has 1 heterocycles. The number of amides is 1. The Hall–Kier alpha value is -1.59. The van der Waals surface area contributed by atoms with Gasteiger partial charge in [0.1, 0.15) is 24.4 Å². The second-order valence-corrected chi connectivity index (χ2v) is 23.6. The van der Waals surface area contributed by atoms with Crippen LogP contribution < -0.4 is 5.32 Å². The monoisotopic (exact) mass is 1090 g/mol. The van der Waals surface area contributed by atoms with Crippen LogP contribution in [0.2, 0.25) is 0 Å². The van der Waals surface area contributed by atoms with E-state index in [-0.39, 0.29) is 12.5 Å². The smallest absolute Gasteiger partial charge is 0.220 e. The van der Waals surface area contributed by atoms with Crippen LogP contribution in [0.25, 0.3) is 0 Å². The highest BCUT2D eigenvalue weighted by Gasteiger charge is 2.44. The van der Waals surface area contributed by atoms with Gasteiger partial charge in [-0.1, -0.05) is 307 Å². The van der Waals surface area contributed by atoms with Crippen molar-refractivity contribution in [1.82, 2.24) is 5.32 Å². The summed E-state index contributed by atoms with van der Waals surface area (Å²) >= 11 is 0. The molecule has 1 fully saturated rings. The highest BCUT2D eigenvalue weighted by atomic mass is 16.7. The Labute approximate surface area is 476 Å². The zero-order chi connectivity index (χ0) is 55.8. The van der Waals surface area contributed by atoms with Gasteiger partial charge in [-0.2, -0.15) is 0 Å². The van der Waals surface area contributed by atoms with Crippen molar-refractivity contribution >= 4 is 5.91 Å². The zero-order valence-electron chi connectivity index (χ0n) is 50.7. The fourth-order valence-corrected chi connectivity index (χ4v) is 10.9. The molecule has 1 saturated heterocycles. The average molecular weight is 1090 g/mol. The van der Waals surface area contributed by atoms with E-state index in [1.54, 1.807) is 6.08 Å². The number of carbonyl (C=O) groups excluding carboxylic acids is 1. The van der Waals surface area contributed by atoms with Gasteiger partial charge in [0.05, 0.1) is 25.4 Å². The molecule has 0 aromatic rings. The minimum absolute atomic E-state index is 0.181. The summed E-state index contributed by atoms with van der Waals surface area (Å²) in [6.45, 7) is 3.81. The number of hydrogen-bond donors (Lipinski definition) is 6. The van der Waals surface area contributed by atoms with Gasteiger partial charge in [0.2, 0.25) is 5.91 Å². The van der Waals surface area contributed by atoms with E-state index in [9.17, 15) is 30.3 Å². The van der Waals surface area contributed by atoms with E-state index in [0.29, 0.717) is 6.42 Å². The molecule has 1 amide bonds. The Morgan fingerprint density at radius 1 is 0.429 bits per heavy atom. The second-order valence-electron chi connectivity index (χ2n) is 23.6. The number of carbonyl (C=O) groups is 1. The highest BCUT2D eigenvalue weighted by molar-refractivity contribution is 5.76. The summed E-state index contributed by atoms with van der Waals surface area (Å²) in [5, 5.41) is 54.7. The molecular formula is C68H129NO8. The summed E-state index contributed by atoms with van der Waals surface area (Å²) in [4.78, 5) is 13.1. The van der Waals surface area contributed by atoms with Crippen LogP contribution in [-0.4, -0.2) is 87.5 Å². The SMILES string of the molecule is CCCCCCCCCCCCCC/C=C\CCCCCCCCCCCCCCCCCCC(=O)NC(COC1OC(CO)C(O)C(O)C1O)C(O)/C=C/CC/C=C/CCCCCCCCCCCCCCCCCC. The Kier molecular flexibility index (Phi) is 55.0. The number of nitrogens with one attached hydrogen (secondary N) is 1. The van der Waals surface area contributed by atoms with Crippen LogP contribution in [0.1, 0.15) is 335 Å². The molecule has 0 saturated carbocycles. The van der Waals surface area contributed by atoms with Crippen LogP contribution >= 0.6 is 0 Å². The molecular weight excluding hydrogens is 959 g/mol. The summed E-state index contributed by atoms with van der Waals surface area (Å²) in [7, 11) is 0. The second kappa shape index (κ2) is 57.6. The minimum atomic E-state index is -1.57. The predicted molar refractivity (Wildman–Crippen MR) is 327 cm³/mol. The lowest BCUT2D eigenvalue weighted by Gasteiger charge is -2.40. The van der Waals surface area contributed by atoms with Gasteiger partial charge in [0.15, 0.2) is 6.29 Å². The lowest BCUT2D eigenvalue weighted by molar-refractivity contribution is -0.302. The Morgan fingerprint density at radius 3 is 1.09 bits per heavy atom. The standard InChI is InChI=1S/C68H129NO8/c1-3-5-7-9-11-13-15-17-19-21-23-25-27-28-29-30-31-32-33-34-35-36-38-40-42-44-46-48-50-52-54-56-58-64(72)69-61(60-76-68-67(75)66(74)65(73)63(59-70)77-68)62(71)57-55-53-51-49-47-45-43-41-39-37-26-24-22-20-18-16-14-12-10-8-6-4-2/h28-29,47,49,55,57,61-63,65-68,70-71,73-75H,3-27,30-46,48,50-54,56,58-60H2,1-2H3,(H,69,72)/b29-28-,49-47+,57-55+. The molecule has 0 spiro atoms. The fraction of sp³-hybridized carbons (Fsp3) is 0.897. The summed E-state index contributed by atoms with van der Waals surface area (Å²) in [6, 6.07) is -0.822. The maximum absolute atomic E-state index is 13.1. The maximum atomic E-state index is 13.1. The number of unbranched alkanes of at least 4 members (excludes halogenated alkanes) is 45. The Morgan fingerprint density at radius 2 is 0.740 bits per heavy atom. The summed E-state index contributed by atoms with van der Waals surface area (Å²) in [5.74, 6) is -0.181. The summed E-state index contributed by atoms with van der Waals surface area (Å²) in [5.41, 5.74) is 0. The maximum Gasteiger partial charge on any atom is 0.220 e. The highest BCUT2D eigenvalue weighted by Crippen LogP contribution is 2.23. The van der Waals surface area contributed by atoms with Gasteiger partial charge >= 0.3 is 0 Å². The van der Waals surface area contributed by atoms with E-state index in [4.69, 9.17) is 9.47 Å². The van der Waals surface area contributed by atoms with Gasteiger partial charge in [-0.15, -0.1) is 0 Å². The fourth-order valence-electron chi connectivity index (χ4n) is 10.9. The molecule has 1 rings (SSSR count). The zero-order valence-corrected chi connectivity index (χ0v) is 50.7. The molecule has 0 aromatic carbocycles. The number of allylic oxidation sites excluding steroid dienone is 5. The third kappa shape index (κ3) is 46.7. The molecule has 0 radical (unpaired) electrons. The first-order valence-corrected chi connectivity index (χ1v) is 33.7. The molecule has 7 atom stereocenters.